The van der Waals surface area contributed by atoms with Gasteiger partial charge in [-0.15, -0.1) is 0 Å². The molecule has 2 saturated heterocycles. The fraction of sp³-hybridized carbons (Fsp3) is 0.909. The Bertz CT molecular complexity index is 226. The van der Waals surface area contributed by atoms with Crippen molar-refractivity contribution in [1.29, 1.82) is 0 Å². The number of nitrogens with two attached hydrogens (primary N) is 1. The van der Waals surface area contributed by atoms with Gasteiger partial charge in [-0.2, -0.15) is 0 Å². The summed E-state index contributed by atoms with van der Waals surface area (Å²) in [6, 6.07) is 0.246. The Kier molecular flexibility index (Phi) is 3.59. The highest BCUT2D eigenvalue weighted by molar-refractivity contribution is 5.82. The summed E-state index contributed by atoms with van der Waals surface area (Å²) in [7, 11) is 0. The molecule has 15 heavy (non-hydrogen) atoms. The minimum absolute atomic E-state index is 0.0593. The Morgan fingerprint density at radius 3 is 2.80 bits per heavy atom. The molecule has 86 valence electrons. The van der Waals surface area contributed by atoms with Crippen LogP contribution in [0.25, 0.3) is 0 Å². The van der Waals surface area contributed by atoms with Gasteiger partial charge in [0.25, 0.3) is 0 Å². The number of nitrogens with zero attached hydrogens (tertiary/aromatic N) is 1. The molecule has 2 fully saturated rings. The molecular weight excluding hydrogens is 190 g/mol. The Morgan fingerprint density at radius 1 is 1.27 bits per heavy atom. The molecule has 2 heterocycles. The van der Waals surface area contributed by atoms with Crippen molar-refractivity contribution in [2.75, 3.05) is 19.6 Å². The molecule has 3 N–H and O–H groups in total. The zero-order chi connectivity index (χ0) is 10.7. The van der Waals surface area contributed by atoms with Crippen molar-refractivity contribution in [1.82, 2.24) is 10.2 Å². The first kappa shape index (κ1) is 10.9. The normalized spacial score (nSPS) is 32.7. The van der Waals surface area contributed by atoms with Gasteiger partial charge in [0.15, 0.2) is 0 Å². The molecule has 0 saturated carbocycles. The van der Waals surface area contributed by atoms with Crippen LogP contribution in [0.4, 0.5) is 0 Å². The molecule has 0 aromatic carbocycles. The molecule has 1 unspecified atom stereocenters. The second-order valence-corrected chi connectivity index (χ2v) is 4.69. The third-order valence-electron chi connectivity index (χ3n) is 3.38. The van der Waals surface area contributed by atoms with Crippen LogP contribution in [0, 0.1) is 0 Å². The summed E-state index contributed by atoms with van der Waals surface area (Å²) in [4.78, 5) is 14.0. The molecule has 0 radical (unpaired) electrons. The summed E-state index contributed by atoms with van der Waals surface area (Å²) in [6.07, 6.45) is 5.47. The molecule has 4 nitrogen and oxygen atoms in total. The number of hydrogen-bond donors (Lipinski definition) is 2. The van der Waals surface area contributed by atoms with E-state index in [1.54, 1.807) is 0 Å². The number of hydrogen-bond acceptors (Lipinski definition) is 3. The number of likely N-dealkylation sites (tertiary alicyclic amines) is 1. The summed E-state index contributed by atoms with van der Waals surface area (Å²) in [5.41, 5.74) is 5.88. The van der Waals surface area contributed by atoms with Gasteiger partial charge in [-0.05, 0) is 32.2 Å². The van der Waals surface area contributed by atoms with Crippen molar-refractivity contribution in [2.24, 2.45) is 5.73 Å². The first-order chi connectivity index (χ1) is 7.27. The summed E-state index contributed by atoms with van der Waals surface area (Å²) < 4.78 is 0. The van der Waals surface area contributed by atoms with Crippen molar-refractivity contribution < 1.29 is 4.79 Å². The van der Waals surface area contributed by atoms with Gasteiger partial charge in [-0.1, -0.05) is 6.42 Å². The first-order valence-corrected chi connectivity index (χ1v) is 6.05. The Morgan fingerprint density at radius 2 is 2.13 bits per heavy atom. The largest absolute Gasteiger partial charge is 0.340 e. The first-order valence-electron chi connectivity index (χ1n) is 6.05. The van der Waals surface area contributed by atoms with E-state index in [2.05, 4.69) is 5.32 Å². The van der Waals surface area contributed by atoms with Crippen LogP contribution in [0.15, 0.2) is 0 Å². The smallest absolute Gasteiger partial charge is 0.239 e. The fourth-order valence-electron chi connectivity index (χ4n) is 2.49. The van der Waals surface area contributed by atoms with Crippen LogP contribution in [0.1, 0.15) is 32.1 Å². The van der Waals surface area contributed by atoms with Gasteiger partial charge in [0, 0.05) is 19.1 Å². The van der Waals surface area contributed by atoms with Gasteiger partial charge in [0.1, 0.15) is 0 Å². The van der Waals surface area contributed by atoms with Crippen LogP contribution >= 0.6 is 0 Å². The molecule has 0 aromatic heterocycles. The van der Waals surface area contributed by atoms with E-state index in [1.807, 2.05) is 4.90 Å². The molecule has 0 spiro atoms. The third-order valence-corrected chi connectivity index (χ3v) is 3.38. The van der Waals surface area contributed by atoms with E-state index >= 15 is 0 Å². The Balaban J connectivity index is 1.88. The number of amides is 1. The van der Waals surface area contributed by atoms with Crippen molar-refractivity contribution in [3.05, 3.63) is 0 Å². The average molecular weight is 211 g/mol. The van der Waals surface area contributed by atoms with Crippen LogP contribution in [0.5, 0.6) is 0 Å². The quantitative estimate of drug-likeness (QED) is 0.645. The van der Waals surface area contributed by atoms with Gasteiger partial charge >= 0.3 is 0 Å². The topological polar surface area (TPSA) is 58.4 Å². The third kappa shape index (κ3) is 2.69. The monoisotopic (exact) mass is 211 g/mol. The van der Waals surface area contributed by atoms with Crippen molar-refractivity contribution >= 4 is 5.91 Å². The highest BCUT2D eigenvalue weighted by atomic mass is 16.2. The lowest BCUT2D eigenvalue weighted by atomic mass is 10.0. The molecule has 2 aliphatic heterocycles. The van der Waals surface area contributed by atoms with E-state index in [0.29, 0.717) is 0 Å². The van der Waals surface area contributed by atoms with Crippen molar-refractivity contribution in [3.8, 4) is 0 Å². The molecule has 2 rings (SSSR count). The molecule has 4 heteroatoms. The number of nitrogens with one attached hydrogen (secondary N) is 1. The van der Waals surface area contributed by atoms with Crippen LogP contribution < -0.4 is 11.1 Å². The lowest BCUT2D eigenvalue weighted by Crippen LogP contribution is -2.53. The van der Waals surface area contributed by atoms with Crippen LogP contribution in [0.2, 0.25) is 0 Å². The van der Waals surface area contributed by atoms with Gasteiger partial charge in [-0.25, -0.2) is 0 Å². The maximum Gasteiger partial charge on any atom is 0.239 e. The highest BCUT2D eigenvalue weighted by Gasteiger charge is 2.28. The predicted molar refractivity (Wildman–Crippen MR) is 59.4 cm³/mol. The number of piperidine rings is 2. The molecular formula is C11H21N3O. The number of carbonyl (C=O) groups is 1. The van der Waals surface area contributed by atoms with Crippen molar-refractivity contribution in [2.45, 2.75) is 44.2 Å². The van der Waals surface area contributed by atoms with E-state index < -0.39 is 0 Å². The SMILES string of the molecule is N[C@@H]1CCCN(C(=O)C2CCCCN2)C1. The standard InChI is InChI=1S/C11H21N3O/c12-9-4-3-7-14(8-9)11(15)10-5-1-2-6-13-10/h9-10,13H,1-8,12H2/t9-,10?/m1/s1. The minimum Gasteiger partial charge on any atom is -0.340 e. The van der Waals surface area contributed by atoms with Gasteiger partial charge in [0.2, 0.25) is 5.91 Å². The van der Waals surface area contributed by atoms with Gasteiger partial charge < -0.3 is 16.0 Å². The van der Waals surface area contributed by atoms with Crippen LogP contribution in [-0.2, 0) is 4.79 Å². The zero-order valence-electron chi connectivity index (χ0n) is 9.24. The van der Waals surface area contributed by atoms with Crippen LogP contribution in [0.3, 0.4) is 0 Å². The van der Waals surface area contributed by atoms with E-state index in [4.69, 9.17) is 5.73 Å². The average Bonchev–Trinajstić information content (AvgIpc) is 2.29. The van der Waals surface area contributed by atoms with Gasteiger partial charge in [-0.3, -0.25) is 4.79 Å². The molecule has 1 amide bonds. The molecule has 0 aliphatic carbocycles. The second kappa shape index (κ2) is 4.94. The minimum atomic E-state index is 0.0593. The number of carbonyl (C=O) groups excluding carboxylic acids is 1. The summed E-state index contributed by atoms with van der Waals surface area (Å²) >= 11 is 0. The summed E-state index contributed by atoms with van der Waals surface area (Å²) in [5.74, 6) is 0.268. The number of rotatable bonds is 1. The highest BCUT2D eigenvalue weighted by Crippen LogP contribution is 2.14. The molecule has 0 aromatic rings. The molecule has 2 aliphatic rings. The Hall–Kier alpha value is -0.610. The van der Waals surface area contributed by atoms with Crippen molar-refractivity contribution in [3.63, 3.8) is 0 Å². The van der Waals surface area contributed by atoms with E-state index in [9.17, 15) is 4.79 Å². The maximum atomic E-state index is 12.1. The summed E-state index contributed by atoms with van der Waals surface area (Å²) in [6.45, 7) is 2.62. The van der Waals surface area contributed by atoms with Gasteiger partial charge in [0.05, 0.1) is 6.04 Å². The molecule has 2 atom stereocenters. The zero-order valence-corrected chi connectivity index (χ0v) is 9.24. The maximum absolute atomic E-state index is 12.1. The Labute approximate surface area is 91.2 Å². The summed E-state index contributed by atoms with van der Waals surface area (Å²) in [5, 5.41) is 3.30. The van der Waals surface area contributed by atoms with Crippen LogP contribution in [-0.4, -0.2) is 42.5 Å². The van der Waals surface area contributed by atoms with E-state index in [-0.39, 0.29) is 18.0 Å². The van der Waals surface area contributed by atoms with E-state index in [0.717, 1.165) is 38.9 Å². The second-order valence-electron chi connectivity index (χ2n) is 4.69. The lowest BCUT2D eigenvalue weighted by Gasteiger charge is -2.34. The molecule has 0 bridgehead atoms. The van der Waals surface area contributed by atoms with E-state index in [1.165, 1.54) is 12.8 Å². The fourth-order valence-corrected chi connectivity index (χ4v) is 2.49. The predicted octanol–water partition coefficient (Wildman–Crippen LogP) is 0.0782. The lowest BCUT2D eigenvalue weighted by molar-refractivity contribution is -0.135.